The van der Waals surface area contributed by atoms with E-state index in [4.69, 9.17) is 5.73 Å². The molecule has 3 heteroatoms. The minimum Gasteiger partial charge on any atom is -0.327 e. The molecule has 0 saturated heterocycles. The van der Waals surface area contributed by atoms with Crippen LogP contribution in [-0.4, -0.2) is 24.5 Å². The minimum atomic E-state index is -0.184. The van der Waals surface area contributed by atoms with Gasteiger partial charge in [-0.2, -0.15) is 0 Å². The maximum absolute atomic E-state index is 12.7. The van der Waals surface area contributed by atoms with Crippen LogP contribution < -0.4 is 5.73 Å². The zero-order valence-electron chi connectivity index (χ0n) is 10.8. The molecule has 0 aliphatic carbocycles. The summed E-state index contributed by atoms with van der Waals surface area (Å²) in [5, 5.41) is 0. The Hall–Kier alpha value is -0.930. The van der Waals surface area contributed by atoms with Crippen molar-refractivity contribution in [3.63, 3.8) is 0 Å². The molecule has 0 heterocycles. The van der Waals surface area contributed by atoms with Crippen LogP contribution in [0.15, 0.2) is 24.3 Å². The molecule has 1 rings (SSSR count). The van der Waals surface area contributed by atoms with Crippen molar-refractivity contribution in [3.8, 4) is 0 Å². The van der Waals surface area contributed by atoms with Gasteiger partial charge >= 0.3 is 0 Å². The Morgan fingerprint density at radius 2 is 1.94 bits per heavy atom. The van der Waals surface area contributed by atoms with E-state index in [0.717, 1.165) is 25.1 Å². The average molecular weight is 238 g/mol. The number of nitrogens with two attached hydrogens (primary N) is 1. The van der Waals surface area contributed by atoms with Gasteiger partial charge in [-0.1, -0.05) is 31.9 Å². The molecule has 0 radical (unpaired) electrons. The lowest BCUT2D eigenvalue weighted by molar-refractivity contribution is 0.295. The van der Waals surface area contributed by atoms with Crippen LogP contribution in [0, 0.1) is 5.82 Å². The molecule has 1 aromatic carbocycles. The number of rotatable bonds is 7. The zero-order valence-corrected chi connectivity index (χ0v) is 10.8. The molecule has 0 amide bonds. The number of likely N-dealkylation sites (N-methyl/N-ethyl adjacent to an activating group) is 1. The number of unbranched alkanes of at least 4 members (excludes halogenated alkanes) is 1. The van der Waals surface area contributed by atoms with Crippen LogP contribution >= 0.6 is 0 Å². The molecule has 0 aliphatic heterocycles. The second kappa shape index (κ2) is 7.41. The summed E-state index contributed by atoms with van der Waals surface area (Å²) < 4.78 is 12.7. The van der Waals surface area contributed by atoms with Gasteiger partial charge in [-0.3, -0.25) is 0 Å². The van der Waals surface area contributed by atoms with E-state index in [9.17, 15) is 4.39 Å². The predicted octanol–water partition coefficient (Wildman–Crippen LogP) is 2.78. The first-order valence-electron chi connectivity index (χ1n) is 6.30. The molecule has 0 aromatic heterocycles. The Balaban J connectivity index is 2.33. The molecule has 2 N–H and O–H groups in total. The van der Waals surface area contributed by atoms with E-state index < -0.39 is 0 Å². The summed E-state index contributed by atoms with van der Waals surface area (Å²) in [6.45, 7) is 3.88. The van der Waals surface area contributed by atoms with Crippen molar-refractivity contribution in [3.05, 3.63) is 35.6 Å². The molecule has 0 saturated carbocycles. The topological polar surface area (TPSA) is 29.3 Å². The summed E-state index contributed by atoms with van der Waals surface area (Å²) in [7, 11) is 2.05. The molecular formula is C14H23FN2. The van der Waals surface area contributed by atoms with Crippen LogP contribution in [0.3, 0.4) is 0 Å². The Morgan fingerprint density at radius 1 is 1.29 bits per heavy atom. The third kappa shape index (κ3) is 5.80. The third-order valence-electron chi connectivity index (χ3n) is 2.84. The fourth-order valence-electron chi connectivity index (χ4n) is 1.92. The first-order chi connectivity index (χ1) is 8.11. The largest absolute Gasteiger partial charge is 0.327 e. The first kappa shape index (κ1) is 14.1. The lowest BCUT2D eigenvalue weighted by Crippen LogP contribution is -2.34. The van der Waals surface area contributed by atoms with Gasteiger partial charge in [0.1, 0.15) is 5.82 Å². The fourth-order valence-corrected chi connectivity index (χ4v) is 1.92. The van der Waals surface area contributed by atoms with Gasteiger partial charge in [-0.05, 0) is 31.2 Å². The van der Waals surface area contributed by atoms with Crippen molar-refractivity contribution in [2.45, 2.75) is 38.8 Å². The average Bonchev–Trinajstić information content (AvgIpc) is 2.29. The van der Waals surface area contributed by atoms with E-state index in [2.05, 4.69) is 18.9 Å². The Morgan fingerprint density at radius 3 is 2.53 bits per heavy atom. The number of nitrogens with zero attached hydrogens (tertiary/aromatic N) is 1. The monoisotopic (exact) mass is 238 g/mol. The van der Waals surface area contributed by atoms with Gasteiger partial charge < -0.3 is 10.6 Å². The van der Waals surface area contributed by atoms with Crippen LogP contribution in [-0.2, 0) is 6.54 Å². The highest BCUT2D eigenvalue weighted by molar-refractivity contribution is 5.15. The first-order valence-corrected chi connectivity index (χ1v) is 6.30. The van der Waals surface area contributed by atoms with Crippen LogP contribution in [0.2, 0.25) is 0 Å². The van der Waals surface area contributed by atoms with E-state index in [1.165, 1.54) is 25.0 Å². The van der Waals surface area contributed by atoms with Crippen LogP contribution in [0.5, 0.6) is 0 Å². The maximum Gasteiger partial charge on any atom is 0.123 e. The second-order valence-corrected chi connectivity index (χ2v) is 4.73. The van der Waals surface area contributed by atoms with Crippen molar-refractivity contribution < 1.29 is 4.39 Å². The van der Waals surface area contributed by atoms with Gasteiger partial charge in [0.05, 0.1) is 0 Å². The van der Waals surface area contributed by atoms with Gasteiger partial charge in [-0.25, -0.2) is 4.39 Å². The number of hydrogen-bond acceptors (Lipinski definition) is 2. The molecule has 0 aliphatic rings. The molecule has 1 aromatic rings. The molecule has 0 spiro atoms. The van der Waals surface area contributed by atoms with Crippen molar-refractivity contribution in [1.29, 1.82) is 0 Å². The highest BCUT2D eigenvalue weighted by atomic mass is 19.1. The zero-order chi connectivity index (χ0) is 12.7. The molecule has 0 fully saturated rings. The van der Waals surface area contributed by atoms with Crippen LogP contribution in [0.25, 0.3) is 0 Å². The summed E-state index contributed by atoms with van der Waals surface area (Å²) >= 11 is 0. The maximum atomic E-state index is 12.7. The molecule has 96 valence electrons. The summed E-state index contributed by atoms with van der Waals surface area (Å²) in [5.41, 5.74) is 7.16. The van der Waals surface area contributed by atoms with Crippen molar-refractivity contribution in [2.24, 2.45) is 5.73 Å². The standard InChI is InChI=1S/C14H23FN2/c1-3-4-5-14(16)11-17(2)10-12-6-8-13(15)9-7-12/h6-9,14H,3-5,10-11,16H2,1-2H3. The number of hydrogen-bond donors (Lipinski definition) is 1. The summed E-state index contributed by atoms with van der Waals surface area (Å²) in [4.78, 5) is 2.19. The quantitative estimate of drug-likeness (QED) is 0.791. The normalized spacial score (nSPS) is 13.0. The van der Waals surface area contributed by atoms with E-state index in [0.29, 0.717) is 0 Å². The van der Waals surface area contributed by atoms with Gasteiger partial charge in [0.15, 0.2) is 0 Å². The highest BCUT2D eigenvalue weighted by Crippen LogP contribution is 2.07. The van der Waals surface area contributed by atoms with Crippen molar-refractivity contribution >= 4 is 0 Å². The smallest absolute Gasteiger partial charge is 0.123 e. The molecular weight excluding hydrogens is 215 g/mol. The summed E-state index contributed by atoms with van der Waals surface area (Å²) in [5.74, 6) is -0.184. The number of benzene rings is 1. The van der Waals surface area contributed by atoms with Crippen molar-refractivity contribution in [1.82, 2.24) is 4.90 Å². The molecule has 0 bridgehead atoms. The van der Waals surface area contributed by atoms with Crippen LogP contribution in [0.4, 0.5) is 4.39 Å². The second-order valence-electron chi connectivity index (χ2n) is 4.73. The van der Waals surface area contributed by atoms with E-state index in [1.54, 1.807) is 0 Å². The lowest BCUT2D eigenvalue weighted by atomic mass is 10.1. The van der Waals surface area contributed by atoms with Gasteiger partial charge in [0, 0.05) is 19.1 Å². The minimum absolute atomic E-state index is 0.184. The summed E-state index contributed by atoms with van der Waals surface area (Å²) in [6.07, 6.45) is 3.45. The van der Waals surface area contributed by atoms with E-state index in [1.807, 2.05) is 12.1 Å². The molecule has 17 heavy (non-hydrogen) atoms. The molecule has 1 atom stereocenters. The molecule has 2 nitrogen and oxygen atoms in total. The Kier molecular flexibility index (Phi) is 6.16. The third-order valence-corrected chi connectivity index (χ3v) is 2.84. The SMILES string of the molecule is CCCCC(N)CN(C)Cc1ccc(F)cc1. The van der Waals surface area contributed by atoms with E-state index >= 15 is 0 Å². The van der Waals surface area contributed by atoms with Gasteiger partial charge in [-0.15, -0.1) is 0 Å². The Bertz CT molecular complexity index is 311. The van der Waals surface area contributed by atoms with Gasteiger partial charge in [0.25, 0.3) is 0 Å². The lowest BCUT2D eigenvalue weighted by Gasteiger charge is -2.21. The summed E-state index contributed by atoms with van der Waals surface area (Å²) in [6, 6.07) is 6.88. The predicted molar refractivity (Wildman–Crippen MR) is 70.2 cm³/mol. The fraction of sp³-hybridized carbons (Fsp3) is 0.571. The molecule has 1 unspecified atom stereocenters. The Labute approximate surface area is 104 Å². The highest BCUT2D eigenvalue weighted by Gasteiger charge is 2.06. The van der Waals surface area contributed by atoms with Crippen molar-refractivity contribution in [2.75, 3.05) is 13.6 Å². The van der Waals surface area contributed by atoms with Gasteiger partial charge in [0.2, 0.25) is 0 Å². The number of halogens is 1. The van der Waals surface area contributed by atoms with Crippen LogP contribution in [0.1, 0.15) is 31.7 Å². The van der Waals surface area contributed by atoms with E-state index in [-0.39, 0.29) is 11.9 Å².